The van der Waals surface area contributed by atoms with Gasteiger partial charge >= 0.3 is 0 Å². The average Bonchev–Trinajstić information content (AvgIpc) is 3.16. The van der Waals surface area contributed by atoms with E-state index in [-0.39, 0.29) is 11.9 Å². The number of rotatable bonds is 4. The predicted octanol–water partition coefficient (Wildman–Crippen LogP) is 1.42. The monoisotopic (exact) mass is 266 g/mol. The number of hydrogen-bond acceptors (Lipinski definition) is 3. The van der Waals surface area contributed by atoms with Gasteiger partial charge in [0.15, 0.2) is 0 Å². The first-order chi connectivity index (χ1) is 9.16. The van der Waals surface area contributed by atoms with E-state index >= 15 is 0 Å². The maximum Gasteiger partial charge on any atom is 0.239 e. The molecule has 2 saturated carbocycles. The van der Waals surface area contributed by atoms with Crippen LogP contribution in [0.2, 0.25) is 0 Å². The van der Waals surface area contributed by atoms with Gasteiger partial charge in [-0.05, 0) is 32.1 Å². The summed E-state index contributed by atoms with van der Waals surface area (Å²) in [5, 5.41) is 14.1. The van der Waals surface area contributed by atoms with Crippen molar-refractivity contribution >= 4 is 5.91 Å². The van der Waals surface area contributed by atoms with Crippen molar-refractivity contribution in [1.82, 2.24) is 10.2 Å². The number of amides is 1. The van der Waals surface area contributed by atoms with Gasteiger partial charge in [0, 0.05) is 19.1 Å². The topological polar surface area (TPSA) is 52.6 Å². The molecule has 4 heteroatoms. The Bertz CT molecular complexity index is 333. The molecule has 0 radical (unpaired) electrons. The lowest BCUT2D eigenvalue weighted by Crippen LogP contribution is -2.46. The summed E-state index contributed by atoms with van der Waals surface area (Å²) in [4.78, 5) is 14.2. The Labute approximate surface area is 115 Å². The van der Waals surface area contributed by atoms with Crippen molar-refractivity contribution in [2.24, 2.45) is 0 Å². The molecule has 1 saturated heterocycles. The fourth-order valence-corrected chi connectivity index (χ4v) is 3.49. The normalized spacial score (nSPS) is 31.5. The van der Waals surface area contributed by atoms with E-state index in [1.165, 1.54) is 25.7 Å². The molecular formula is C15H26N2O2. The summed E-state index contributed by atoms with van der Waals surface area (Å²) in [6.07, 6.45) is 9.71. The zero-order chi connectivity index (χ0) is 13.3. The first-order valence-corrected chi connectivity index (χ1v) is 7.94. The lowest BCUT2D eigenvalue weighted by atomic mass is 9.94. The first kappa shape index (κ1) is 13.4. The lowest BCUT2D eigenvalue weighted by Gasteiger charge is -2.31. The quantitative estimate of drug-likeness (QED) is 0.757. The standard InChI is InChI=1S/C15H26N2O2/c18-14-13(16-12-5-6-12)7-10-17(14)11-15(19)8-3-1-2-4-9-15/h12-13,16,19H,1-11H2. The number of carbonyl (C=O) groups is 1. The molecule has 1 amide bonds. The van der Waals surface area contributed by atoms with Crippen molar-refractivity contribution in [3.63, 3.8) is 0 Å². The molecule has 1 heterocycles. The minimum Gasteiger partial charge on any atom is -0.388 e. The highest BCUT2D eigenvalue weighted by Crippen LogP contribution is 2.29. The van der Waals surface area contributed by atoms with Crippen molar-refractivity contribution in [3.8, 4) is 0 Å². The van der Waals surface area contributed by atoms with Gasteiger partial charge in [-0.15, -0.1) is 0 Å². The maximum atomic E-state index is 12.3. The van der Waals surface area contributed by atoms with Crippen LogP contribution in [0.1, 0.15) is 57.8 Å². The second-order valence-corrected chi connectivity index (χ2v) is 6.68. The number of aliphatic hydroxyl groups is 1. The summed E-state index contributed by atoms with van der Waals surface area (Å²) >= 11 is 0. The van der Waals surface area contributed by atoms with Gasteiger partial charge in [-0.3, -0.25) is 4.79 Å². The van der Waals surface area contributed by atoms with Crippen LogP contribution in [0.15, 0.2) is 0 Å². The van der Waals surface area contributed by atoms with Gasteiger partial charge in [0.2, 0.25) is 5.91 Å². The van der Waals surface area contributed by atoms with Crippen molar-refractivity contribution < 1.29 is 9.90 Å². The van der Waals surface area contributed by atoms with Gasteiger partial charge in [0.1, 0.15) is 0 Å². The zero-order valence-corrected chi connectivity index (χ0v) is 11.7. The third-order valence-electron chi connectivity index (χ3n) is 4.83. The molecule has 1 atom stereocenters. The van der Waals surface area contributed by atoms with Gasteiger partial charge < -0.3 is 15.3 Å². The fraction of sp³-hybridized carbons (Fsp3) is 0.933. The molecule has 3 fully saturated rings. The average molecular weight is 266 g/mol. The van der Waals surface area contributed by atoms with Crippen molar-refractivity contribution in [3.05, 3.63) is 0 Å². The molecule has 3 aliphatic rings. The molecule has 108 valence electrons. The number of likely N-dealkylation sites (tertiary alicyclic amines) is 1. The molecule has 0 bridgehead atoms. The van der Waals surface area contributed by atoms with Gasteiger partial charge in [0.25, 0.3) is 0 Å². The summed E-state index contributed by atoms with van der Waals surface area (Å²) in [7, 11) is 0. The number of nitrogens with zero attached hydrogens (tertiary/aromatic N) is 1. The second kappa shape index (κ2) is 5.41. The summed E-state index contributed by atoms with van der Waals surface area (Å²) < 4.78 is 0. The van der Waals surface area contributed by atoms with Crippen LogP contribution in [0.25, 0.3) is 0 Å². The third kappa shape index (κ3) is 3.29. The van der Waals surface area contributed by atoms with Crippen molar-refractivity contribution in [2.75, 3.05) is 13.1 Å². The lowest BCUT2D eigenvalue weighted by molar-refractivity contribution is -0.133. The number of nitrogens with one attached hydrogen (secondary N) is 1. The number of carbonyl (C=O) groups excluding carboxylic acids is 1. The molecule has 0 spiro atoms. The Morgan fingerprint density at radius 2 is 1.84 bits per heavy atom. The Kier molecular flexibility index (Phi) is 3.81. The van der Waals surface area contributed by atoms with Crippen molar-refractivity contribution in [2.45, 2.75) is 75.5 Å². The summed E-state index contributed by atoms with van der Waals surface area (Å²) in [6.45, 7) is 1.36. The minimum absolute atomic E-state index is 0.0156. The number of β-amino-alcohol motifs (C(OH)–C–C–N with tert-alkyl or cyclic N) is 1. The Hall–Kier alpha value is -0.610. The third-order valence-corrected chi connectivity index (χ3v) is 4.83. The molecule has 0 aromatic rings. The minimum atomic E-state index is -0.624. The van der Waals surface area contributed by atoms with E-state index in [0.717, 1.165) is 38.6 Å². The van der Waals surface area contributed by atoms with Gasteiger partial charge in [-0.1, -0.05) is 25.7 Å². The van der Waals surface area contributed by atoms with E-state index in [2.05, 4.69) is 5.32 Å². The Morgan fingerprint density at radius 3 is 2.47 bits per heavy atom. The molecule has 1 unspecified atom stereocenters. The van der Waals surface area contributed by atoms with Crippen LogP contribution in [0, 0.1) is 0 Å². The van der Waals surface area contributed by atoms with Crippen molar-refractivity contribution in [1.29, 1.82) is 0 Å². The van der Waals surface area contributed by atoms with E-state index in [4.69, 9.17) is 0 Å². The summed E-state index contributed by atoms with van der Waals surface area (Å²) in [6, 6.07) is 0.594. The van der Waals surface area contributed by atoms with Gasteiger partial charge in [-0.2, -0.15) is 0 Å². The summed E-state index contributed by atoms with van der Waals surface area (Å²) in [5.41, 5.74) is -0.624. The van der Waals surface area contributed by atoms with E-state index in [1.54, 1.807) is 0 Å². The number of hydrogen-bond donors (Lipinski definition) is 2. The molecule has 2 aliphatic carbocycles. The molecule has 19 heavy (non-hydrogen) atoms. The van der Waals surface area contributed by atoms with E-state index in [0.29, 0.717) is 12.6 Å². The summed E-state index contributed by atoms with van der Waals surface area (Å²) in [5.74, 6) is 0.213. The highest BCUT2D eigenvalue weighted by atomic mass is 16.3. The van der Waals surface area contributed by atoms with Crippen LogP contribution in [0.5, 0.6) is 0 Å². The zero-order valence-electron chi connectivity index (χ0n) is 11.7. The molecule has 1 aliphatic heterocycles. The Balaban J connectivity index is 1.55. The van der Waals surface area contributed by atoms with Crippen LogP contribution >= 0.6 is 0 Å². The molecule has 4 nitrogen and oxygen atoms in total. The van der Waals surface area contributed by atoms with Crippen LogP contribution in [0.3, 0.4) is 0 Å². The Morgan fingerprint density at radius 1 is 1.16 bits per heavy atom. The second-order valence-electron chi connectivity index (χ2n) is 6.68. The van der Waals surface area contributed by atoms with E-state index < -0.39 is 5.60 Å². The SMILES string of the molecule is O=C1C(NC2CC2)CCN1CC1(O)CCCCCC1. The van der Waals surface area contributed by atoms with Crippen LogP contribution in [-0.4, -0.2) is 46.7 Å². The largest absolute Gasteiger partial charge is 0.388 e. The first-order valence-electron chi connectivity index (χ1n) is 7.94. The molecule has 2 N–H and O–H groups in total. The van der Waals surface area contributed by atoms with Crippen LogP contribution < -0.4 is 5.32 Å². The molecule has 3 rings (SSSR count). The smallest absolute Gasteiger partial charge is 0.239 e. The van der Waals surface area contributed by atoms with E-state index in [9.17, 15) is 9.90 Å². The molecule has 0 aromatic carbocycles. The highest BCUT2D eigenvalue weighted by Gasteiger charge is 2.39. The van der Waals surface area contributed by atoms with Crippen LogP contribution in [0.4, 0.5) is 0 Å². The molecule has 0 aromatic heterocycles. The van der Waals surface area contributed by atoms with Gasteiger partial charge in [0.05, 0.1) is 11.6 Å². The predicted molar refractivity (Wildman–Crippen MR) is 73.8 cm³/mol. The maximum absolute atomic E-state index is 12.3. The van der Waals surface area contributed by atoms with Crippen LogP contribution in [-0.2, 0) is 4.79 Å². The fourth-order valence-electron chi connectivity index (χ4n) is 3.49. The highest BCUT2D eigenvalue weighted by molar-refractivity contribution is 5.84. The van der Waals surface area contributed by atoms with Gasteiger partial charge in [-0.25, -0.2) is 0 Å². The van der Waals surface area contributed by atoms with E-state index in [1.807, 2.05) is 4.90 Å². The molecular weight excluding hydrogens is 240 g/mol.